The molecule has 14 nitrogen and oxygen atoms in total. The lowest BCUT2D eigenvalue weighted by molar-refractivity contribution is -0.359. The average Bonchev–Trinajstić information content (AvgIpc) is 3.48. The number of aliphatic hydroxyl groups excluding tert-OH is 8. The zero-order chi connectivity index (χ0) is 58.1. The number of nitrogens with one attached hydrogen (secondary N) is 1. The summed E-state index contributed by atoms with van der Waals surface area (Å²) in [5.41, 5.74) is 0. The van der Waals surface area contributed by atoms with Gasteiger partial charge in [-0.1, -0.05) is 226 Å². The SMILES string of the molecule is CC/C=C\C/C=C\C/C=C\C/C=C\C/C=C\C/C=C\C/C=C\C/C=C\C/C=C\CCCCCCCCCCCCCC(=O)NC(COC1OC(CO)C(OC2OC(CO)C(O)C(O)C2O)C(O)C1O)C(O)CCCCCCCCC. The van der Waals surface area contributed by atoms with Gasteiger partial charge in [0.2, 0.25) is 5.91 Å². The Morgan fingerprint density at radius 1 is 0.463 bits per heavy atom. The van der Waals surface area contributed by atoms with Crippen LogP contribution in [0.4, 0.5) is 0 Å². The molecule has 2 heterocycles. The molecule has 0 spiro atoms. The lowest BCUT2D eigenvalue weighted by Crippen LogP contribution is -2.65. The van der Waals surface area contributed by atoms with Crippen LogP contribution >= 0.6 is 0 Å². The summed E-state index contributed by atoms with van der Waals surface area (Å²) in [6, 6.07) is -0.834. The zero-order valence-electron chi connectivity index (χ0n) is 49.3. The number of unbranched alkanes of at least 4 members (excludes halogenated alkanes) is 17. The van der Waals surface area contributed by atoms with Crippen LogP contribution in [0.5, 0.6) is 0 Å². The number of carbonyl (C=O) groups excluding carboxylic acids is 1. The molecule has 0 aromatic rings. The predicted molar refractivity (Wildman–Crippen MR) is 322 cm³/mol. The van der Waals surface area contributed by atoms with Crippen molar-refractivity contribution >= 4 is 5.91 Å². The highest BCUT2D eigenvalue weighted by atomic mass is 16.7. The van der Waals surface area contributed by atoms with Crippen molar-refractivity contribution in [3.63, 3.8) is 0 Å². The largest absolute Gasteiger partial charge is 0.394 e. The first-order valence-electron chi connectivity index (χ1n) is 31.1. The number of ether oxygens (including phenoxy) is 4. The Bertz CT molecular complexity index is 1760. The Morgan fingerprint density at radius 3 is 1.32 bits per heavy atom. The van der Waals surface area contributed by atoms with Gasteiger partial charge in [-0.25, -0.2) is 0 Å². The Labute approximate surface area is 483 Å². The van der Waals surface area contributed by atoms with Gasteiger partial charge in [0.1, 0.15) is 48.8 Å². The smallest absolute Gasteiger partial charge is 0.220 e. The molecular formula is C66H111NO13. The molecule has 458 valence electrons. The van der Waals surface area contributed by atoms with E-state index in [1.165, 1.54) is 57.8 Å². The van der Waals surface area contributed by atoms with Crippen molar-refractivity contribution in [2.24, 2.45) is 0 Å². The summed E-state index contributed by atoms with van der Waals surface area (Å²) in [6.07, 6.45) is 54.3. The number of hydrogen-bond acceptors (Lipinski definition) is 13. The predicted octanol–water partition coefficient (Wildman–Crippen LogP) is 11.2. The molecule has 0 aromatic heterocycles. The monoisotopic (exact) mass is 1130 g/mol. The summed E-state index contributed by atoms with van der Waals surface area (Å²) in [4.78, 5) is 13.2. The molecule has 2 aliphatic rings. The second-order valence-electron chi connectivity index (χ2n) is 21.5. The Hall–Kier alpha value is -3.35. The fourth-order valence-corrected chi connectivity index (χ4v) is 9.52. The molecule has 80 heavy (non-hydrogen) atoms. The van der Waals surface area contributed by atoms with Crippen molar-refractivity contribution in [1.82, 2.24) is 5.32 Å². The van der Waals surface area contributed by atoms with Gasteiger partial charge in [0.05, 0.1) is 32.0 Å². The first kappa shape index (κ1) is 72.8. The fourth-order valence-electron chi connectivity index (χ4n) is 9.52. The number of aliphatic hydroxyl groups is 8. The minimum absolute atomic E-state index is 0.219. The van der Waals surface area contributed by atoms with Gasteiger partial charge in [0.25, 0.3) is 0 Å². The Kier molecular flexibility index (Phi) is 45.6. The number of carbonyl (C=O) groups is 1. The summed E-state index contributed by atoms with van der Waals surface area (Å²) in [7, 11) is 0. The van der Waals surface area contributed by atoms with Crippen molar-refractivity contribution in [3.8, 4) is 0 Å². The summed E-state index contributed by atoms with van der Waals surface area (Å²) in [6.45, 7) is 2.66. The van der Waals surface area contributed by atoms with E-state index in [2.05, 4.69) is 129 Å². The third-order valence-corrected chi connectivity index (χ3v) is 14.5. The molecule has 9 N–H and O–H groups in total. The van der Waals surface area contributed by atoms with Gasteiger partial charge >= 0.3 is 0 Å². The standard InChI is InChI=1S/C66H111NO13/c1-3-5-7-9-11-12-13-14-15-16-17-18-19-20-21-22-23-24-25-26-27-28-29-30-31-32-33-34-35-36-37-38-39-40-41-42-44-46-48-50-58(71)67-54(55(70)49-47-45-43-10-8-6-4-2)53-77-65-63(76)61(74)64(57(52-69)79-65)80-66-62(75)60(73)59(72)56(51-68)78-66/h5,7,11-12,14-15,17-18,20-21,23-24,26-27,29-30,32-33,54-57,59-66,68-70,72-76H,3-4,6,8-10,13,16,19,22,25,28,31,34-53H2,1-2H3,(H,67,71)/b7-5-,12-11-,15-14-,18-17-,21-20-,24-23-,27-26-,30-29-,33-32-. The van der Waals surface area contributed by atoms with E-state index in [1.807, 2.05) is 0 Å². The van der Waals surface area contributed by atoms with Crippen LogP contribution in [0.3, 0.4) is 0 Å². The van der Waals surface area contributed by atoms with Crippen LogP contribution in [0.2, 0.25) is 0 Å². The molecule has 0 radical (unpaired) electrons. The highest BCUT2D eigenvalue weighted by molar-refractivity contribution is 5.76. The summed E-state index contributed by atoms with van der Waals surface area (Å²) in [5, 5.41) is 86.8. The van der Waals surface area contributed by atoms with Gasteiger partial charge in [-0.15, -0.1) is 0 Å². The molecule has 2 aliphatic heterocycles. The fraction of sp³-hybridized carbons (Fsp3) is 0.712. The van der Waals surface area contributed by atoms with Crippen molar-refractivity contribution in [1.29, 1.82) is 0 Å². The van der Waals surface area contributed by atoms with E-state index >= 15 is 0 Å². The summed E-state index contributed by atoms with van der Waals surface area (Å²) < 4.78 is 22.7. The molecule has 0 saturated carbocycles. The molecule has 0 bridgehead atoms. The first-order chi connectivity index (χ1) is 39.1. The quantitative estimate of drug-likeness (QED) is 0.0204. The van der Waals surface area contributed by atoms with Gasteiger partial charge in [-0.2, -0.15) is 0 Å². The lowest BCUT2D eigenvalue weighted by atomic mass is 9.97. The van der Waals surface area contributed by atoms with E-state index in [4.69, 9.17) is 18.9 Å². The van der Waals surface area contributed by atoms with E-state index in [0.717, 1.165) is 116 Å². The Morgan fingerprint density at radius 2 is 0.863 bits per heavy atom. The molecule has 12 atom stereocenters. The van der Waals surface area contributed by atoms with Crippen LogP contribution in [0.15, 0.2) is 109 Å². The third kappa shape index (κ3) is 34.9. The first-order valence-corrected chi connectivity index (χ1v) is 31.1. The van der Waals surface area contributed by atoms with Gasteiger partial charge in [0, 0.05) is 6.42 Å². The van der Waals surface area contributed by atoms with E-state index in [1.54, 1.807) is 0 Å². The second-order valence-corrected chi connectivity index (χ2v) is 21.5. The van der Waals surface area contributed by atoms with Crippen LogP contribution in [-0.2, 0) is 23.7 Å². The summed E-state index contributed by atoms with van der Waals surface area (Å²) >= 11 is 0. The second kappa shape index (κ2) is 50.2. The van der Waals surface area contributed by atoms with Crippen LogP contribution < -0.4 is 5.32 Å². The minimum atomic E-state index is -1.78. The molecule has 0 aromatic carbocycles. The molecular weight excluding hydrogens is 1010 g/mol. The van der Waals surface area contributed by atoms with E-state index in [0.29, 0.717) is 19.3 Å². The van der Waals surface area contributed by atoms with Crippen LogP contribution in [-0.4, -0.2) is 140 Å². The lowest BCUT2D eigenvalue weighted by Gasteiger charge is -2.46. The molecule has 14 heteroatoms. The maximum Gasteiger partial charge on any atom is 0.220 e. The van der Waals surface area contributed by atoms with Gasteiger partial charge in [-0.05, 0) is 83.5 Å². The van der Waals surface area contributed by atoms with Gasteiger partial charge < -0.3 is 65.1 Å². The van der Waals surface area contributed by atoms with Crippen molar-refractivity contribution in [2.75, 3.05) is 19.8 Å². The van der Waals surface area contributed by atoms with Crippen molar-refractivity contribution in [3.05, 3.63) is 109 Å². The zero-order valence-corrected chi connectivity index (χ0v) is 49.3. The van der Waals surface area contributed by atoms with Crippen LogP contribution in [0.1, 0.15) is 206 Å². The molecule has 2 saturated heterocycles. The molecule has 12 unspecified atom stereocenters. The average molecular weight is 1130 g/mol. The van der Waals surface area contributed by atoms with Gasteiger partial charge in [0.15, 0.2) is 12.6 Å². The van der Waals surface area contributed by atoms with E-state index in [9.17, 15) is 45.6 Å². The maximum atomic E-state index is 13.2. The topological polar surface area (TPSA) is 228 Å². The number of amides is 1. The van der Waals surface area contributed by atoms with Crippen LogP contribution in [0, 0.1) is 0 Å². The maximum absolute atomic E-state index is 13.2. The number of hydrogen-bond donors (Lipinski definition) is 9. The van der Waals surface area contributed by atoms with Gasteiger partial charge in [-0.3, -0.25) is 4.79 Å². The number of allylic oxidation sites excluding steroid dienone is 18. The molecule has 1 amide bonds. The summed E-state index contributed by atoms with van der Waals surface area (Å²) in [5.74, 6) is -0.219. The normalized spacial score (nSPS) is 25.0. The van der Waals surface area contributed by atoms with E-state index < -0.39 is 86.8 Å². The highest BCUT2D eigenvalue weighted by Crippen LogP contribution is 2.30. The molecule has 2 rings (SSSR count). The number of rotatable bonds is 48. The Balaban J connectivity index is 1.56. The minimum Gasteiger partial charge on any atom is -0.394 e. The van der Waals surface area contributed by atoms with Crippen molar-refractivity contribution in [2.45, 2.75) is 280 Å². The molecule has 0 aliphatic carbocycles. The highest BCUT2D eigenvalue weighted by Gasteiger charge is 2.51. The van der Waals surface area contributed by atoms with Crippen LogP contribution in [0.25, 0.3) is 0 Å². The third-order valence-electron chi connectivity index (χ3n) is 14.5. The van der Waals surface area contributed by atoms with Crippen molar-refractivity contribution < 1.29 is 64.6 Å². The van der Waals surface area contributed by atoms with E-state index in [-0.39, 0.29) is 12.5 Å². The molecule has 2 fully saturated rings.